The Labute approximate surface area is 103 Å². The average Bonchev–Trinajstić information content (AvgIpc) is 2.88. The molecular formula is C14H23NO2. The molecule has 3 fully saturated rings. The highest BCUT2D eigenvalue weighted by Gasteiger charge is 2.49. The van der Waals surface area contributed by atoms with Crippen molar-refractivity contribution in [3.05, 3.63) is 0 Å². The molecule has 1 saturated carbocycles. The largest absolute Gasteiger partial charge is 0.481 e. The Morgan fingerprint density at radius 1 is 1.12 bits per heavy atom. The van der Waals surface area contributed by atoms with Crippen molar-refractivity contribution in [1.29, 1.82) is 0 Å². The van der Waals surface area contributed by atoms with E-state index in [0.29, 0.717) is 12.1 Å². The minimum atomic E-state index is -0.564. The maximum atomic E-state index is 11.2. The van der Waals surface area contributed by atoms with Crippen molar-refractivity contribution in [2.45, 2.75) is 63.5 Å². The van der Waals surface area contributed by atoms with Crippen molar-refractivity contribution >= 4 is 5.97 Å². The van der Waals surface area contributed by atoms with E-state index in [0.717, 1.165) is 18.8 Å². The molecule has 0 aromatic rings. The van der Waals surface area contributed by atoms with Crippen LogP contribution < -0.4 is 0 Å². The number of carbonyl (C=O) groups is 1. The Morgan fingerprint density at radius 2 is 1.88 bits per heavy atom. The molecule has 3 aliphatic rings. The van der Waals surface area contributed by atoms with Crippen LogP contribution in [0.4, 0.5) is 0 Å². The van der Waals surface area contributed by atoms with Crippen LogP contribution >= 0.6 is 0 Å². The van der Waals surface area contributed by atoms with Crippen LogP contribution in [0.2, 0.25) is 0 Å². The van der Waals surface area contributed by atoms with E-state index in [1.54, 1.807) is 0 Å². The van der Waals surface area contributed by atoms with Crippen LogP contribution in [0, 0.1) is 11.8 Å². The molecule has 2 bridgehead atoms. The Bertz CT molecular complexity index is 299. The van der Waals surface area contributed by atoms with Gasteiger partial charge in [-0.2, -0.15) is 0 Å². The standard InChI is InChI=1S/C14H23NO2/c16-14(17)12-8-11-6-7-13(12)15(11)9-10-4-2-1-3-5-10/h10-13H,1-9H2,(H,16,17). The van der Waals surface area contributed by atoms with E-state index in [9.17, 15) is 9.90 Å². The summed E-state index contributed by atoms with van der Waals surface area (Å²) in [5, 5.41) is 9.23. The van der Waals surface area contributed by atoms with Gasteiger partial charge >= 0.3 is 5.97 Å². The first-order valence-corrected chi connectivity index (χ1v) is 7.24. The molecular weight excluding hydrogens is 214 g/mol. The summed E-state index contributed by atoms with van der Waals surface area (Å²) < 4.78 is 0. The summed E-state index contributed by atoms with van der Waals surface area (Å²) in [5.41, 5.74) is 0. The van der Waals surface area contributed by atoms with E-state index >= 15 is 0 Å². The molecule has 0 amide bonds. The van der Waals surface area contributed by atoms with Gasteiger partial charge in [0.15, 0.2) is 0 Å². The Balaban J connectivity index is 1.62. The molecule has 0 spiro atoms. The van der Waals surface area contributed by atoms with Gasteiger partial charge in [0.05, 0.1) is 5.92 Å². The molecule has 0 radical (unpaired) electrons. The summed E-state index contributed by atoms with van der Waals surface area (Å²) in [7, 11) is 0. The number of nitrogens with zero attached hydrogens (tertiary/aromatic N) is 1. The Kier molecular flexibility index (Phi) is 3.12. The summed E-state index contributed by atoms with van der Waals surface area (Å²) in [4.78, 5) is 13.8. The van der Waals surface area contributed by atoms with Crippen molar-refractivity contribution in [2.24, 2.45) is 11.8 Å². The second-order valence-corrected chi connectivity index (χ2v) is 6.18. The quantitative estimate of drug-likeness (QED) is 0.820. The van der Waals surface area contributed by atoms with E-state index < -0.39 is 5.97 Å². The molecule has 1 aliphatic carbocycles. The lowest BCUT2D eigenvalue weighted by Crippen LogP contribution is -2.37. The maximum absolute atomic E-state index is 11.2. The van der Waals surface area contributed by atoms with E-state index in [-0.39, 0.29) is 5.92 Å². The zero-order chi connectivity index (χ0) is 11.8. The molecule has 2 heterocycles. The van der Waals surface area contributed by atoms with Gasteiger partial charge in [0.1, 0.15) is 0 Å². The fraction of sp³-hybridized carbons (Fsp3) is 0.929. The number of hydrogen-bond acceptors (Lipinski definition) is 2. The Hall–Kier alpha value is -0.570. The molecule has 3 nitrogen and oxygen atoms in total. The first-order valence-electron chi connectivity index (χ1n) is 7.24. The highest BCUT2D eigenvalue weighted by Crippen LogP contribution is 2.43. The summed E-state index contributed by atoms with van der Waals surface area (Å²) in [6, 6.07) is 0.947. The van der Waals surface area contributed by atoms with Gasteiger partial charge in [0.25, 0.3) is 0 Å². The SMILES string of the molecule is O=C(O)C1CC2CCC1N2CC1CCCCC1. The van der Waals surface area contributed by atoms with Crippen LogP contribution in [-0.4, -0.2) is 34.6 Å². The van der Waals surface area contributed by atoms with Gasteiger partial charge in [-0.15, -0.1) is 0 Å². The minimum Gasteiger partial charge on any atom is -0.481 e. The normalized spacial score (nSPS) is 38.7. The molecule has 0 aromatic heterocycles. The first kappa shape index (κ1) is 11.5. The van der Waals surface area contributed by atoms with Crippen molar-refractivity contribution in [1.82, 2.24) is 4.90 Å². The predicted octanol–water partition coefficient (Wildman–Crippen LogP) is 2.50. The van der Waals surface area contributed by atoms with E-state index in [2.05, 4.69) is 4.90 Å². The second-order valence-electron chi connectivity index (χ2n) is 6.18. The lowest BCUT2D eigenvalue weighted by Gasteiger charge is -2.30. The summed E-state index contributed by atoms with van der Waals surface area (Å²) >= 11 is 0. The third-order valence-electron chi connectivity index (χ3n) is 5.19. The average molecular weight is 237 g/mol. The summed E-state index contributed by atoms with van der Waals surface area (Å²) in [5.74, 6) is 0.211. The van der Waals surface area contributed by atoms with Crippen LogP contribution in [0.5, 0.6) is 0 Å². The third-order valence-corrected chi connectivity index (χ3v) is 5.19. The second kappa shape index (κ2) is 4.60. The van der Waals surface area contributed by atoms with Crippen molar-refractivity contribution in [3.8, 4) is 0 Å². The van der Waals surface area contributed by atoms with Crippen molar-refractivity contribution in [3.63, 3.8) is 0 Å². The van der Waals surface area contributed by atoms with E-state index in [4.69, 9.17) is 0 Å². The fourth-order valence-electron chi connectivity index (χ4n) is 4.32. The maximum Gasteiger partial charge on any atom is 0.308 e. The van der Waals surface area contributed by atoms with Gasteiger partial charge in [0.2, 0.25) is 0 Å². The van der Waals surface area contributed by atoms with Crippen molar-refractivity contribution in [2.75, 3.05) is 6.54 Å². The Morgan fingerprint density at radius 3 is 2.53 bits per heavy atom. The van der Waals surface area contributed by atoms with Crippen LogP contribution in [0.3, 0.4) is 0 Å². The van der Waals surface area contributed by atoms with Gasteiger partial charge < -0.3 is 5.11 Å². The highest BCUT2D eigenvalue weighted by molar-refractivity contribution is 5.71. The topological polar surface area (TPSA) is 40.5 Å². The molecule has 2 aliphatic heterocycles. The van der Waals surface area contributed by atoms with Crippen LogP contribution in [-0.2, 0) is 4.79 Å². The van der Waals surface area contributed by atoms with Gasteiger partial charge in [-0.25, -0.2) is 0 Å². The van der Waals surface area contributed by atoms with Crippen LogP contribution in [0.1, 0.15) is 51.4 Å². The number of carboxylic acid groups (broad SMARTS) is 1. The van der Waals surface area contributed by atoms with E-state index in [1.807, 2.05) is 0 Å². The van der Waals surface area contributed by atoms with Gasteiger partial charge in [-0.1, -0.05) is 19.3 Å². The lowest BCUT2D eigenvalue weighted by molar-refractivity contribution is -0.142. The predicted molar refractivity (Wildman–Crippen MR) is 65.8 cm³/mol. The number of aliphatic carboxylic acids is 1. The van der Waals surface area contributed by atoms with E-state index in [1.165, 1.54) is 45.1 Å². The number of fused-ring (bicyclic) bond motifs is 2. The molecule has 1 N–H and O–H groups in total. The first-order chi connectivity index (χ1) is 8.25. The monoisotopic (exact) mass is 237 g/mol. The van der Waals surface area contributed by atoms with Gasteiger partial charge in [0, 0.05) is 18.6 Å². The smallest absolute Gasteiger partial charge is 0.308 e. The minimum absolute atomic E-state index is 0.0719. The number of hydrogen-bond donors (Lipinski definition) is 1. The highest BCUT2D eigenvalue weighted by atomic mass is 16.4. The van der Waals surface area contributed by atoms with Gasteiger partial charge in [-0.3, -0.25) is 9.69 Å². The summed E-state index contributed by atoms with van der Waals surface area (Å²) in [6.07, 6.45) is 10.2. The molecule has 3 atom stereocenters. The third kappa shape index (κ3) is 2.10. The molecule has 0 aromatic carbocycles. The molecule has 3 unspecified atom stereocenters. The summed E-state index contributed by atoms with van der Waals surface area (Å²) in [6.45, 7) is 1.18. The van der Waals surface area contributed by atoms with Gasteiger partial charge in [-0.05, 0) is 38.0 Å². The van der Waals surface area contributed by atoms with Crippen LogP contribution in [0.15, 0.2) is 0 Å². The zero-order valence-corrected chi connectivity index (χ0v) is 10.5. The molecule has 3 heteroatoms. The lowest BCUT2D eigenvalue weighted by atomic mass is 9.88. The van der Waals surface area contributed by atoms with Crippen LogP contribution in [0.25, 0.3) is 0 Å². The zero-order valence-electron chi connectivity index (χ0n) is 10.5. The number of rotatable bonds is 3. The number of carboxylic acids is 1. The molecule has 3 rings (SSSR count). The fourth-order valence-corrected chi connectivity index (χ4v) is 4.32. The van der Waals surface area contributed by atoms with Crippen molar-refractivity contribution < 1.29 is 9.90 Å². The molecule has 96 valence electrons. The molecule has 17 heavy (non-hydrogen) atoms. The molecule has 2 saturated heterocycles.